The zero-order valence-electron chi connectivity index (χ0n) is 5.24. The van der Waals surface area contributed by atoms with E-state index >= 15 is 0 Å². The molecule has 0 atom stereocenters. The van der Waals surface area contributed by atoms with Crippen molar-refractivity contribution < 1.29 is 4.84 Å². The first-order chi connectivity index (χ1) is 4.41. The molecule has 0 aromatic carbocycles. The van der Waals surface area contributed by atoms with Crippen molar-refractivity contribution in [2.24, 2.45) is 5.41 Å². The lowest BCUT2D eigenvalue weighted by Crippen LogP contribution is -2.31. The van der Waals surface area contributed by atoms with Crippen molar-refractivity contribution in [3.63, 3.8) is 0 Å². The molecule has 0 radical (unpaired) electrons. The standard InChI is InChI=1S/C5H11N3O/c1-5(2-7-6-1)3-8-9-4-5/h6-8H,1-4H2. The molecule has 2 rings (SSSR count). The number of rotatable bonds is 0. The van der Waals surface area contributed by atoms with Gasteiger partial charge < -0.3 is 4.84 Å². The van der Waals surface area contributed by atoms with E-state index in [0.717, 1.165) is 26.2 Å². The van der Waals surface area contributed by atoms with E-state index in [9.17, 15) is 0 Å². The van der Waals surface area contributed by atoms with Gasteiger partial charge in [-0.25, -0.2) is 5.48 Å². The van der Waals surface area contributed by atoms with Gasteiger partial charge in [0, 0.05) is 25.0 Å². The number of hydrogen-bond acceptors (Lipinski definition) is 4. The Morgan fingerprint density at radius 2 is 1.89 bits per heavy atom. The average Bonchev–Trinajstić information content (AvgIpc) is 2.45. The third kappa shape index (κ3) is 0.840. The van der Waals surface area contributed by atoms with E-state index in [0.29, 0.717) is 5.41 Å². The van der Waals surface area contributed by atoms with Crippen molar-refractivity contribution >= 4 is 0 Å². The maximum atomic E-state index is 5.05. The van der Waals surface area contributed by atoms with Gasteiger partial charge in [-0.3, -0.25) is 10.9 Å². The minimum absolute atomic E-state index is 0.333. The van der Waals surface area contributed by atoms with E-state index in [1.54, 1.807) is 0 Å². The molecule has 4 nitrogen and oxygen atoms in total. The van der Waals surface area contributed by atoms with Crippen LogP contribution in [0.1, 0.15) is 0 Å². The lowest BCUT2D eigenvalue weighted by Gasteiger charge is -2.14. The summed E-state index contributed by atoms with van der Waals surface area (Å²) in [6.07, 6.45) is 0. The zero-order chi connectivity index (χ0) is 6.16. The Morgan fingerprint density at radius 3 is 2.44 bits per heavy atom. The second-order valence-electron chi connectivity index (χ2n) is 2.82. The Bertz CT molecular complexity index is 87.3. The van der Waals surface area contributed by atoms with Crippen LogP contribution >= 0.6 is 0 Å². The normalized spacial score (nSPS) is 32.0. The van der Waals surface area contributed by atoms with Crippen LogP contribution in [-0.2, 0) is 4.84 Å². The van der Waals surface area contributed by atoms with Crippen LogP contribution in [0.3, 0.4) is 0 Å². The van der Waals surface area contributed by atoms with Crippen LogP contribution < -0.4 is 16.3 Å². The smallest absolute Gasteiger partial charge is 0.0777 e. The first-order valence-electron chi connectivity index (χ1n) is 3.22. The van der Waals surface area contributed by atoms with Crippen molar-refractivity contribution in [2.45, 2.75) is 0 Å². The fourth-order valence-electron chi connectivity index (χ4n) is 1.25. The predicted molar refractivity (Wildman–Crippen MR) is 32.4 cm³/mol. The van der Waals surface area contributed by atoms with Crippen molar-refractivity contribution in [3.05, 3.63) is 0 Å². The number of hydrogen-bond donors (Lipinski definition) is 3. The molecule has 1 spiro atoms. The fourth-order valence-corrected chi connectivity index (χ4v) is 1.25. The second-order valence-corrected chi connectivity index (χ2v) is 2.82. The molecule has 0 saturated carbocycles. The Hall–Kier alpha value is -0.160. The molecular weight excluding hydrogens is 118 g/mol. The largest absolute Gasteiger partial charge is 0.301 e. The minimum atomic E-state index is 0.333. The molecule has 0 unspecified atom stereocenters. The number of hydrazine groups is 1. The first kappa shape index (κ1) is 5.61. The summed E-state index contributed by atoms with van der Waals surface area (Å²) in [4.78, 5) is 5.05. The highest BCUT2D eigenvalue weighted by molar-refractivity contribution is 4.90. The Balaban J connectivity index is 2.04. The van der Waals surface area contributed by atoms with E-state index in [4.69, 9.17) is 4.84 Å². The van der Waals surface area contributed by atoms with Gasteiger partial charge in [0.1, 0.15) is 0 Å². The van der Waals surface area contributed by atoms with Crippen LogP contribution in [0.4, 0.5) is 0 Å². The van der Waals surface area contributed by atoms with E-state index < -0.39 is 0 Å². The second kappa shape index (κ2) is 1.91. The molecule has 0 aromatic rings. The monoisotopic (exact) mass is 129 g/mol. The molecule has 4 heteroatoms. The minimum Gasteiger partial charge on any atom is -0.301 e. The lowest BCUT2D eigenvalue weighted by atomic mass is 9.92. The van der Waals surface area contributed by atoms with Gasteiger partial charge in [-0.05, 0) is 0 Å². The van der Waals surface area contributed by atoms with Gasteiger partial charge >= 0.3 is 0 Å². The highest BCUT2D eigenvalue weighted by atomic mass is 16.7. The van der Waals surface area contributed by atoms with E-state index in [-0.39, 0.29) is 0 Å². The molecule has 0 aliphatic carbocycles. The summed E-state index contributed by atoms with van der Waals surface area (Å²) >= 11 is 0. The summed E-state index contributed by atoms with van der Waals surface area (Å²) in [5.41, 5.74) is 9.38. The molecule has 0 amide bonds. The topological polar surface area (TPSA) is 45.3 Å². The van der Waals surface area contributed by atoms with Gasteiger partial charge in [-0.1, -0.05) is 0 Å². The third-order valence-electron chi connectivity index (χ3n) is 1.98. The molecule has 2 saturated heterocycles. The quantitative estimate of drug-likeness (QED) is 0.377. The summed E-state index contributed by atoms with van der Waals surface area (Å²) in [5.74, 6) is 0. The average molecular weight is 129 g/mol. The molecular formula is C5H11N3O. The Labute approximate surface area is 53.9 Å². The Kier molecular flexibility index (Phi) is 1.19. The fraction of sp³-hybridized carbons (Fsp3) is 1.00. The number of hydroxylamine groups is 1. The van der Waals surface area contributed by atoms with Crippen LogP contribution in [-0.4, -0.2) is 26.2 Å². The predicted octanol–water partition coefficient (Wildman–Crippen LogP) is -1.38. The van der Waals surface area contributed by atoms with Crippen LogP contribution in [0.25, 0.3) is 0 Å². The third-order valence-corrected chi connectivity index (χ3v) is 1.98. The number of nitrogens with one attached hydrogen (secondary N) is 3. The van der Waals surface area contributed by atoms with Gasteiger partial charge in [0.15, 0.2) is 0 Å². The summed E-state index contributed by atoms with van der Waals surface area (Å²) in [6.45, 7) is 3.82. The first-order valence-corrected chi connectivity index (χ1v) is 3.22. The Morgan fingerprint density at radius 1 is 1.11 bits per heavy atom. The van der Waals surface area contributed by atoms with Crippen molar-refractivity contribution in [1.29, 1.82) is 0 Å². The van der Waals surface area contributed by atoms with Crippen LogP contribution in [0.15, 0.2) is 0 Å². The molecule has 2 fully saturated rings. The molecule has 3 N–H and O–H groups in total. The maximum Gasteiger partial charge on any atom is 0.0777 e. The molecule has 9 heavy (non-hydrogen) atoms. The molecule has 52 valence electrons. The SMILES string of the molecule is C1NNCC12CNOC2. The van der Waals surface area contributed by atoms with Crippen molar-refractivity contribution in [3.8, 4) is 0 Å². The van der Waals surface area contributed by atoms with Crippen LogP contribution in [0.2, 0.25) is 0 Å². The van der Waals surface area contributed by atoms with Gasteiger partial charge in [0.25, 0.3) is 0 Å². The van der Waals surface area contributed by atoms with E-state index in [2.05, 4.69) is 16.3 Å². The summed E-state index contributed by atoms with van der Waals surface area (Å²) in [7, 11) is 0. The molecule has 2 aliphatic rings. The molecule has 0 bridgehead atoms. The lowest BCUT2D eigenvalue weighted by molar-refractivity contribution is 0.0885. The summed E-state index contributed by atoms with van der Waals surface area (Å²) in [5, 5.41) is 0. The highest BCUT2D eigenvalue weighted by Gasteiger charge is 2.37. The maximum absolute atomic E-state index is 5.05. The van der Waals surface area contributed by atoms with E-state index in [1.807, 2.05) is 0 Å². The zero-order valence-corrected chi connectivity index (χ0v) is 5.24. The van der Waals surface area contributed by atoms with Gasteiger partial charge in [-0.15, -0.1) is 0 Å². The molecule has 2 aliphatic heterocycles. The van der Waals surface area contributed by atoms with Crippen molar-refractivity contribution in [1.82, 2.24) is 16.3 Å². The summed E-state index contributed by atoms with van der Waals surface area (Å²) in [6, 6.07) is 0. The van der Waals surface area contributed by atoms with Gasteiger partial charge in [-0.2, -0.15) is 0 Å². The van der Waals surface area contributed by atoms with Crippen molar-refractivity contribution in [2.75, 3.05) is 26.2 Å². The van der Waals surface area contributed by atoms with Gasteiger partial charge in [0.05, 0.1) is 6.61 Å². The molecule has 0 aromatic heterocycles. The molecule has 2 heterocycles. The van der Waals surface area contributed by atoms with Gasteiger partial charge in [0.2, 0.25) is 0 Å². The highest BCUT2D eigenvalue weighted by Crippen LogP contribution is 2.20. The van der Waals surface area contributed by atoms with Crippen LogP contribution in [0, 0.1) is 5.41 Å². The summed E-state index contributed by atoms with van der Waals surface area (Å²) < 4.78 is 0. The van der Waals surface area contributed by atoms with E-state index in [1.165, 1.54) is 0 Å². The van der Waals surface area contributed by atoms with Crippen LogP contribution in [0.5, 0.6) is 0 Å².